The zero-order chi connectivity index (χ0) is 12.0. The van der Waals surface area contributed by atoms with Crippen LogP contribution in [0, 0.1) is 0 Å². The van der Waals surface area contributed by atoms with Gasteiger partial charge in [-0.25, -0.2) is 0 Å². The third kappa shape index (κ3) is 4.55. The number of allylic oxidation sites excluding steroid dienone is 1. The first-order chi connectivity index (χ1) is 7.61. The van der Waals surface area contributed by atoms with Gasteiger partial charge >= 0.3 is 0 Å². The van der Waals surface area contributed by atoms with Crippen LogP contribution in [0.2, 0.25) is 0 Å². The summed E-state index contributed by atoms with van der Waals surface area (Å²) in [5.41, 5.74) is 5.12. The van der Waals surface area contributed by atoms with E-state index in [1.165, 1.54) is 6.08 Å². The predicted octanol–water partition coefficient (Wildman–Crippen LogP) is -0.765. The Morgan fingerprint density at radius 1 is 1.19 bits per heavy atom. The number of ketones is 1. The van der Waals surface area contributed by atoms with Crippen LogP contribution in [0.4, 0.5) is 0 Å². The van der Waals surface area contributed by atoms with Crippen LogP contribution in [0.5, 0.6) is 0 Å². The number of nitrogens with zero attached hydrogens (tertiary/aromatic N) is 2. The van der Waals surface area contributed by atoms with Crippen LogP contribution in [-0.4, -0.2) is 60.8 Å². The molecule has 1 saturated heterocycles. The van der Waals surface area contributed by atoms with Crippen molar-refractivity contribution in [2.24, 2.45) is 5.73 Å². The van der Waals surface area contributed by atoms with Gasteiger partial charge in [0, 0.05) is 39.1 Å². The molecular weight excluding hydrogens is 206 g/mol. The van der Waals surface area contributed by atoms with E-state index >= 15 is 0 Å². The standard InChI is InChI=1S/C11H19N3O2/c1-2-10(15)3-4-13-5-7-14(8-6-13)9-11(12)16/h2H,1,3-9H2,(H2,12,16). The molecule has 0 aromatic carbocycles. The molecule has 1 aliphatic rings. The summed E-state index contributed by atoms with van der Waals surface area (Å²) >= 11 is 0. The number of primary amides is 1. The average Bonchev–Trinajstić information content (AvgIpc) is 2.27. The average molecular weight is 225 g/mol. The van der Waals surface area contributed by atoms with Crippen molar-refractivity contribution in [3.8, 4) is 0 Å². The van der Waals surface area contributed by atoms with Gasteiger partial charge < -0.3 is 10.6 Å². The van der Waals surface area contributed by atoms with Crippen molar-refractivity contribution in [1.82, 2.24) is 9.80 Å². The molecule has 5 heteroatoms. The highest BCUT2D eigenvalue weighted by Crippen LogP contribution is 2.02. The van der Waals surface area contributed by atoms with Crippen molar-refractivity contribution in [1.29, 1.82) is 0 Å². The summed E-state index contributed by atoms with van der Waals surface area (Å²) in [5.74, 6) is -0.199. The summed E-state index contributed by atoms with van der Waals surface area (Å²) in [4.78, 5) is 26.0. The summed E-state index contributed by atoms with van der Waals surface area (Å²) in [7, 11) is 0. The fourth-order valence-corrected chi connectivity index (χ4v) is 1.76. The van der Waals surface area contributed by atoms with Crippen molar-refractivity contribution in [3.05, 3.63) is 12.7 Å². The molecule has 1 heterocycles. The van der Waals surface area contributed by atoms with Crippen LogP contribution in [0.25, 0.3) is 0 Å². The smallest absolute Gasteiger partial charge is 0.231 e. The molecule has 0 atom stereocenters. The summed E-state index contributed by atoms with van der Waals surface area (Å²) in [6.45, 7) is 8.00. The maximum absolute atomic E-state index is 11.0. The second-order valence-corrected chi connectivity index (χ2v) is 4.00. The lowest BCUT2D eigenvalue weighted by atomic mass is 10.2. The van der Waals surface area contributed by atoms with Crippen molar-refractivity contribution >= 4 is 11.7 Å². The van der Waals surface area contributed by atoms with E-state index in [1.54, 1.807) is 0 Å². The van der Waals surface area contributed by atoms with E-state index in [9.17, 15) is 9.59 Å². The van der Waals surface area contributed by atoms with Gasteiger partial charge in [0.1, 0.15) is 0 Å². The molecule has 2 N–H and O–H groups in total. The van der Waals surface area contributed by atoms with Crippen LogP contribution in [0.1, 0.15) is 6.42 Å². The quantitative estimate of drug-likeness (QED) is 0.603. The van der Waals surface area contributed by atoms with Crippen LogP contribution in [0.3, 0.4) is 0 Å². The third-order valence-electron chi connectivity index (χ3n) is 2.75. The highest BCUT2D eigenvalue weighted by atomic mass is 16.1. The molecule has 0 aromatic rings. The lowest BCUT2D eigenvalue weighted by molar-refractivity contribution is -0.119. The Morgan fingerprint density at radius 2 is 1.75 bits per heavy atom. The number of hydrogen-bond donors (Lipinski definition) is 1. The lowest BCUT2D eigenvalue weighted by Gasteiger charge is -2.33. The highest BCUT2D eigenvalue weighted by molar-refractivity contribution is 5.89. The molecule has 1 rings (SSSR count). The fourth-order valence-electron chi connectivity index (χ4n) is 1.76. The molecule has 1 fully saturated rings. The first-order valence-corrected chi connectivity index (χ1v) is 5.50. The first kappa shape index (κ1) is 12.9. The molecule has 5 nitrogen and oxygen atoms in total. The molecule has 90 valence electrons. The van der Waals surface area contributed by atoms with Gasteiger partial charge in [-0.15, -0.1) is 0 Å². The summed E-state index contributed by atoms with van der Waals surface area (Å²) in [5, 5.41) is 0. The van der Waals surface area contributed by atoms with E-state index in [2.05, 4.69) is 11.5 Å². The molecule has 0 unspecified atom stereocenters. The second kappa shape index (κ2) is 6.40. The van der Waals surface area contributed by atoms with Gasteiger partial charge in [-0.05, 0) is 6.08 Å². The zero-order valence-corrected chi connectivity index (χ0v) is 9.52. The number of amides is 1. The first-order valence-electron chi connectivity index (χ1n) is 5.50. The van der Waals surface area contributed by atoms with E-state index in [-0.39, 0.29) is 11.7 Å². The van der Waals surface area contributed by atoms with E-state index in [4.69, 9.17) is 5.73 Å². The largest absolute Gasteiger partial charge is 0.369 e. The van der Waals surface area contributed by atoms with E-state index in [0.717, 1.165) is 32.7 Å². The Morgan fingerprint density at radius 3 is 2.25 bits per heavy atom. The molecular formula is C11H19N3O2. The molecule has 0 saturated carbocycles. The minimum Gasteiger partial charge on any atom is -0.369 e. The van der Waals surface area contributed by atoms with E-state index in [1.807, 2.05) is 4.90 Å². The Balaban J connectivity index is 2.19. The maximum atomic E-state index is 11.0. The SMILES string of the molecule is C=CC(=O)CCN1CCN(CC(N)=O)CC1. The molecule has 16 heavy (non-hydrogen) atoms. The molecule has 0 spiro atoms. The number of carbonyl (C=O) groups excluding carboxylic acids is 2. The molecule has 1 amide bonds. The summed E-state index contributed by atoms with van der Waals surface area (Å²) in [6, 6.07) is 0. The molecule has 0 aliphatic carbocycles. The Labute approximate surface area is 95.9 Å². The molecule has 0 bridgehead atoms. The van der Waals surface area contributed by atoms with Crippen LogP contribution in [-0.2, 0) is 9.59 Å². The Hall–Kier alpha value is -1.20. The number of carbonyl (C=O) groups is 2. The fraction of sp³-hybridized carbons (Fsp3) is 0.636. The van der Waals surface area contributed by atoms with Crippen molar-refractivity contribution in [2.45, 2.75) is 6.42 Å². The van der Waals surface area contributed by atoms with Gasteiger partial charge in [-0.2, -0.15) is 0 Å². The topological polar surface area (TPSA) is 66.6 Å². The third-order valence-corrected chi connectivity index (χ3v) is 2.75. The normalized spacial score (nSPS) is 18.2. The maximum Gasteiger partial charge on any atom is 0.231 e. The van der Waals surface area contributed by atoms with E-state index in [0.29, 0.717) is 13.0 Å². The molecule has 0 radical (unpaired) electrons. The summed E-state index contributed by atoms with van der Waals surface area (Å²) < 4.78 is 0. The minimum absolute atomic E-state index is 0.0829. The van der Waals surface area contributed by atoms with Gasteiger partial charge in [0.2, 0.25) is 5.91 Å². The minimum atomic E-state index is -0.282. The van der Waals surface area contributed by atoms with Crippen molar-refractivity contribution < 1.29 is 9.59 Å². The second-order valence-electron chi connectivity index (χ2n) is 4.00. The van der Waals surface area contributed by atoms with Gasteiger partial charge in [0.05, 0.1) is 6.54 Å². The zero-order valence-electron chi connectivity index (χ0n) is 9.52. The molecule has 0 aromatic heterocycles. The van der Waals surface area contributed by atoms with Crippen molar-refractivity contribution in [2.75, 3.05) is 39.3 Å². The van der Waals surface area contributed by atoms with Crippen molar-refractivity contribution in [3.63, 3.8) is 0 Å². The lowest BCUT2D eigenvalue weighted by Crippen LogP contribution is -2.49. The number of rotatable bonds is 6. The predicted molar refractivity (Wildman–Crippen MR) is 61.9 cm³/mol. The number of piperazine rings is 1. The van der Waals surface area contributed by atoms with Gasteiger partial charge in [-0.1, -0.05) is 6.58 Å². The number of hydrogen-bond acceptors (Lipinski definition) is 4. The van der Waals surface area contributed by atoms with Gasteiger partial charge in [-0.3, -0.25) is 14.5 Å². The number of nitrogens with two attached hydrogens (primary N) is 1. The highest BCUT2D eigenvalue weighted by Gasteiger charge is 2.17. The Bertz CT molecular complexity index is 270. The van der Waals surface area contributed by atoms with E-state index < -0.39 is 0 Å². The monoisotopic (exact) mass is 225 g/mol. The van der Waals surface area contributed by atoms with Crippen LogP contribution in [0.15, 0.2) is 12.7 Å². The summed E-state index contributed by atoms with van der Waals surface area (Å²) in [6.07, 6.45) is 1.89. The van der Waals surface area contributed by atoms with Crippen LogP contribution >= 0.6 is 0 Å². The van der Waals surface area contributed by atoms with Gasteiger partial charge in [0.25, 0.3) is 0 Å². The Kier molecular flexibility index (Phi) is 5.14. The van der Waals surface area contributed by atoms with Gasteiger partial charge in [0.15, 0.2) is 5.78 Å². The van der Waals surface area contributed by atoms with Crippen LogP contribution < -0.4 is 5.73 Å². The molecule has 1 aliphatic heterocycles.